The molecule has 1 aromatic carbocycles. The van der Waals surface area contributed by atoms with Crippen LogP contribution in [0.25, 0.3) is 0 Å². The Morgan fingerprint density at radius 1 is 1.21 bits per heavy atom. The molecule has 96 valence electrons. The average molecular weight is 271 g/mol. The first-order chi connectivity index (χ1) is 9.16. The fourth-order valence-corrected chi connectivity index (χ4v) is 1.81. The maximum atomic E-state index is 12.0. The number of amides is 1. The van der Waals surface area contributed by atoms with Crippen molar-refractivity contribution in [2.24, 2.45) is 0 Å². The Kier molecular flexibility index (Phi) is 4.20. The van der Waals surface area contributed by atoms with Gasteiger partial charge in [-0.25, -0.2) is 0 Å². The molecule has 0 saturated heterocycles. The van der Waals surface area contributed by atoms with Gasteiger partial charge in [-0.1, -0.05) is 18.2 Å². The van der Waals surface area contributed by atoms with Crippen molar-refractivity contribution in [2.75, 3.05) is 5.32 Å². The molecule has 4 nitrogen and oxygen atoms in total. The monoisotopic (exact) mass is 271 g/mol. The molecule has 1 amide bonds. The van der Waals surface area contributed by atoms with Crippen LogP contribution in [0.15, 0.2) is 48.8 Å². The molecular weight excluding hydrogens is 258 g/mol. The topological polar surface area (TPSA) is 54.0 Å². The van der Waals surface area contributed by atoms with Crippen LogP contribution in [-0.4, -0.2) is 16.0 Å². The molecule has 0 unspecified atom stereocenters. The average Bonchev–Trinajstić information content (AvgIpc) is 2.40. The zero-order valence-electron chi connectivity index (χ0n) is 10.4. The van der Waals surface area contributed by atoms with Crippen LogP contribution in [0, 0.1) is 6.92 Å². The third-order valence-corrected chi connectivity index (χ3v) is 2.74. The van der Waals surface area contributed by atoms with Crippen molar-refractivity contribution in [1.29, 1.82) is 0 Å². The van der Waals surface area contributed by atoms with Gasteiger partial charge in [0.05, 0.1) is 11.9 Å². The molecule has 19 heavy (non-hydrogen) atoms. The van der Waals surface area contributed by atoms with Gasteiger partial charge in [0.2, 0.25) is 0 Å². The summed E-state index contributed by atoms with van der Waals surface area (Å²) in [5.74, 6) is -0.223. The zero-order chi connectivity index (χ0) is 13.7. The molecule has 1 aromatic heterocycles. The highest BCUT2D eigenvalue weighted by Gasteiger charge is 2.09. The van der Waals surface area contributed by atoms with Gasteiger partial charge in [0.25, 0.3) is 5.91 Å². The van der Waals surface area contributed by atoms with E-state index in [-0.39, 0.29) is 11.0 Å². The number of anilines is 1. The van der Waals surface area contributed by atoms with E-state index in [1.165, 1.54) is 0 Å². The van der Waals surface area contributed by atoms with Gasteiger partial charge in [0.15, 0.2) is 5.11 Å². The molecule has 0 spiro atoms. The van der Waals surface area contributed by atoms with Crippen LogP contribution in [0.3, 0.4) is 0 Å². The van der Waals surface area contributed by atoms with Gasteiger partial charge in [0.1, 0.15) is 0 Å². The first-order valence-corrected chi connectivity index (χ1v) is 6.15. The summed E-state index contributed by atoms with van der Waals surface area (Å²) >= 11 is 5.08. The van der Waals surface area contributed by atoms with Gasteiger partial charge in [-0.15, -0.1) is 0 Å². The van der Waals surface area contributed by atoms with Crippen molar-refractivity contribution in [3.8, 4) is 0 Å². The van der Waals surface area contributed by atoms with Crippen LogP contribution in [0.1, 0.15) is 15.9 Å². The van der Waals surface area contributed by atoms with E-state index in [1.54, 1.807) is 24.5 Å². The molecule has 2 rings (SSSR count). The van der Waals surface area contributed by atoms with Crippen molar-refractivity contribution in [3.05, 3.63) is 59.9 Å². The largest absolute Gasteiger partial charge is 0.331 e. The van der Waals surface area contributed by atoms with Crippen LogP contribution in [0.5, 0.6) is 0 Å². The lowest BCUT2D eigenvalue weighted by Crippen LogP contribution is -2.34. The maximum Gasteiger partial charge on any atom is 0.257 e. The maximum absolute atomic E-state index is 12.0. The van der Waals surface area contributed by atoms with Crippen molar-refractivity contribution in [2.45, 2.75) is 6.92 Å². The fourth-order valence-electron chi connectivity index (χ4n) is 1.60. The number of rotatable bonds is 2. The number of carbonyl (C=O) groups excluding carboxylic acids is 1. The second kappa shape index (κ2) is 6.06. The van der Waals surface area contributed by atoms with Crippen LogP contribution < -0.4 is 10.6 Å². The highest BCUT2D eigenvalue weighted by molar-refractivity contribution is 7.80. The third kappa shape index (κ3) is 3.59. The quantitative estimate of drug-likeness (QED) is 0.824. The van der Waals surface area contributed by atoms with E-state index < -0.39 is 0 Å². The summed E-state index contributed by atoms with van der Waals surface area (Å²) in [6.45, 7) is 1.88. The molecule has 0 radical (unpaired) electrons. The van der Waals surface area contributed by atoms with Gasteiger partial charge in [-0.2, -0.15) is 0 Å². The second-order valence-corrected chi connectivity index (χ2v) is 4.37. The van der Waals surface area contributed by atoms with Crippen LogP contribution in [0.2, 0.25) is 0 Å². The lowest BCUT2D eigenvalue weighted by atomic mass is 10.1. The number of nitrogens with one attached hydrogen (secondary N) is 2. The number of benzene rings is 1. The van der Waals surface area contributed by atoms with Crippen LogP contribution in [-0.2, 0) is 0 Å². The molecule has 0 bridgehead atoms. The summed E-state index contributed by atoms with van der Waals surface area (Å²) in [4.78, 5) is 16.0. The summed E-state index contributed by atoms with van der Waals surface area (Å²) in [6, 6.07) is 11.0. The van der Waals surface area contributed by atoms with Crippen molar-refractivity contribution < 1.29 is 4.79 Å². The van der Waals surface area contributed by atoms with Crippen molar-refractivity contribution in [3.63, 3.8) is 0 Å². The molecule has 0 atom stereocenters. The highest BCUT2D eigenvalue weighted by Crippen LogP contribution is 2.07. The second-order valence-electron chi connectivity index (χ2n) is 3.96. The lowest BCUT2D eigenvalue weighted by molar-refractivity contribution is 0.0977. The molecule has 0 aliphatic carbocycles. The number of hydrogen-bond acceptors (Lipinski definition) is 3. The smallest absolute Gasteiger partial charge is 0.257 e. The van der Waals surface area contributed by atoms with Gasteiger partial charge in [0, 0.05) is 11.8 Å². The number of thiocarbonyl (C=S) groups is 1. The Morgan fingerprint density at radius 3 is 2.68 bits per heavy atom. The molecule has 0 saturated carbocycles. The van der Waals surface area contributed by atoms with E-state index in [2.05, 4.69) is 15.6 Å². The zero-order valence-corrected chi connectivity index (χ0v) is 11.2. The Hall–Kier alpha value is -2.27. The summed E-state index contributed by atoms with van der Waals surface area (Å²) in [6.07, 6.45) is 3.30. The SMILES string of the molecule is Cc1ccccc1C(=O)NC(=S)Nc1cccnc1. The van der Waals surface area contributed by atoms with E-state index in [1.807, 2.05) is 31.2 Å². The Morgan fingerprint density at radius 2 is 2.00 bits per heavy atom. The van der Waals surface area contributed by atoms with E-state index in [4.69, 9.17) is 12.2 Å². The number of carbonyl (C=O) groups is 1. The molecule has 1 heterocycles. The molecule has 2 N–H and O–H groups in total. The van der Waals surface area contributed by atoms with E-state index >= 15 is 0 Å². The fraction of sp³-hybridized carbons (Fsp3) is 0.0714. The summed E-state index contributed by atoms with van der Waals surface area (Å²) < 4.78 is 0. The van der Waals surface area contributed by atoms with Gasteiger partial charge in [-0.05, 0) is 42.9 Å². The minimum Gasteiger partial charge on any atom is -0.331 e. The van der Waals surface area contributed by atoms with Crippen LogP contribution >= 0.6 is 12.2 Å². The van der Waals surface area contributed by atoms with E-state index in [0.29, 0.717) is 5.56 Å². The number of aromatic nitrogens is 1. The van der Waals surface area contributed by atoms with E-state index in [9.17, 15) is 4.79 Å². The van der Waals surface area contributed by atoms with Crippen molar-refractivity contribution >= 4 is 28.9 Å². The predicted octanol–water partition coefficient (Wildman–Crippen LogP) is 2.52. The predicted molar refractivity (Wildman–Crippen MR) is 79.1 cm³/mol. The molecule has 5 heteroatoms. The normalized spacial score (nSPS) is 9.74. The first-order valence-electron chi connectivity index (χ1n) is 5.75. The first kappa shape index (κ1) is 13.2. The summed E-state index contributed by atoms with van der Waals surface area (Å²) in [7, 11) is 0. The van der Waals surface area contributed by atoms with Crippen molar-refractivity contribution in [1.82, 2.24) is 10.3 Å². The summed E-state index contributed by atoms with van der Waals surface area (Å²) in [5, 5.41) is 5.79. The molecule has 2 aromatic rings. The van der Waals surface area contributed by atoms with E-state index in [0.717, 1.165) is 11.3 Å². The Balaban J connectivity index is 2.00. The number of aryl methyl sites for hydroxylation is 1. The highest BCUT2D eigenvalue weighted by atomic mass is 32.1. The molecule has 0 aliphatic heterocycles. The Labute approximate surface area is 116 Å². The number of pyridine rings is 1. The minimum atomic E-state index is -0.223. The third-order valence-electron chi connectivity index (χ3n) is 2.54. The van der Waals surface area contributed by atoms with Gasteiger partial charge >= 0.3 is 0 Å². The number of hydrogen-bond donors (Lipinski definition) is 2. The standard InChI is InChI=1S/C14H13N3OS/c1-10-5-2-3-7-12(10)13(18)17-14(19)16-11-6-4-8-15-9-11/h2-9H,1H3,(H2,16,17,18,19). The molecule has 0 fully saturated rings. The lowest BCUT2D eigenvalue weighted by Gasteiger charge is -2.10. The van der Waals surface area contributed by atoms with Gasteiger partial charge in [-0.3, -0.25) is 15.1 Å². The summed E-state index contributed by atoms with van der Waals surface area (Å²) in [5.41, 5.74) is 2.25. The molecular formula is C14H13N3OS. The number of nitrogens with zero attached hydrogens (tertiary/aromatic N) is 1. The van der Waals surface area contributed by atoms with Crippen LogP contribution in [0.4, 0.5) is 5.69 Å². The Bertz CT molecular complexity index is 599. The molecule has 0 aliphatic rings. The van der Waals surface area contributed by atoms with Gasteiger partial charge < -0.3 is 5.32 Å². The minimum absolute atomic E-state index is 0.223.